The van der Waals surface area contributed by atoms with Crippen LogP contribution >= 0.6 is 12.2 Å². The van der Waals surface area contributed by atoms with E-state index in [-0.39, 0.29) is 11.2 Å². The molecule has 2 aliphatic rings. The molecule has 2 aromatic rings. The lowest BCUT2D eigenvalue weighted by molar-refractivity contribution is 0.474. The Bertz CT molecular complexity index is 1200. The molecule has 6 nitrogen and oxygen atoms in total. The van der Waals surface area contributed by atoms with Crippen LogP contribution in [0.25, 0.3) is 33.4 Å². The summed E-state index contributed by atoms with van der Waals surface area (Å²) in [6.45, 7) is 4.00. The average Bonchev–Trinajstić information content (AvgIpc) is 2.74. The second-order valence-electron chi connectivity index (χ2n) is 6.22. The van der Waals surface area contributed by atoms with E-state index in [0.717, 1.165) is 27.8 Å². The molecule has 0 unspecified atom stereocenters. The first-order valence-corrected chi connectivity index (χ1v) is 10.00. The lowest BCUT2D eigenvalue weighted by Crippen LogP contribution is -2.37. The molecule has 4 N–H and O–H groups in total. The Balaban J connectivity index is 0.00000124. The Hall–Kier alpha value is -3.42. The molecule has 1 heterocycles. The minimum Gasteiger partial charge on any atom is -0.508 e. The lowest BCUT2D eigenvalue weighted by atomic mass is 9.93. The van der Waals surface area contributed by atoms with Gasteiger partial charge in [0, 0.05) is 41.4 Å². The van der Waals surface area contributed by atoms with E-state index >= 15 is 0 Å². The van der Waals surface area contributed by atoms with Crippen molar-refractivity contribution in [1.29, 1.82) is 0 Å². The first-order chi connectivity index (χ1) is 14.5. The average molecular weight is 422 g/mol. The number of phenols is 1. The monoisotopic (exact) mass is 421 g/mol. The van der Waals surface area contributed by atoms with Gasteiger partial charge in [-0.05, 0) is 54.2 Å². The Morgan fingerprint density at radius 2 is 1.73 bits per heavy atom. The predicted molar refractivity (Wildman–Crippen MR) is 126 cm³/mol. The van der Waals surface area contributed by atoms with E-state index in [9.17, 15) is 9.90 Å². The highest BCUT2D eigenvalue weighted by molar-refractivity contribution is 7.80. The summed E-state index contributed by atoms with van der Waals surface area (Å²) in [5.74, 6) is 0.576. The zero-order chi connectivity index (χ0) is 21.7. The summed E-state index contributed by atoms with van der Waals surface area (Å²) < 4.78 is 5.87. The van der Waals surface area contributed by atoms with Crippen LogP contribution in [0.2, 0.25) is 0 Å². The first kappa shape index (κ1) is 21.3. The fraction of sp³-hybridized carbons (Fsp3) is 0.130. The van der Waals surface area contributed by atoms with Crippen molar-refractivity contribution in [3.8, 4) is 28.2 Å². The van der Waals surface area contributed by atoms with Crippen LogP contribution in [-0.4, -0.2) is 17.3 Å². The highest BCUT2D eigenvalue weighted by Crippen LogP contribution is 2.40. The summed E-state index contributed by atoms with van der Waals surface area (Å²) >= 11 is 5.16. The number of aromatic hydroxyl groups is 1. The van der Waals surface area contributed by atoms with E-state index in [1.54, 1.807) is 25.2 Å². The third-order valence-electron chi connectivity index (χ3n) is 4.35. The SMILES string of the molecule is CC.CNNC(=S)Nc1ccc(-c2c3ccc(=O)cc-3oc3cc(O)ccc23)cc1. The molecule has 0 spiro atoms. The third kappa shape index (κ3) is 4.42. The molecule has 0 amide bonds. The van der Waals surface area contributed by atoms with Gasteiger partial charge in [-0.15, -0.1) is 0 Å². The molecule has 30 heavy (non-hydrogen) atoms. The number of phenolic OH excluding ortho intramolecular Hbond substituents is 1. The van der Waals surface area contributed by atoms with Gasteiger partial charge in [0.15, 0.2) is 10.5 Å². The molecule has 0 aromatic heterocycles. The van der Waals surface area contributed by atoms with Gasteiger partial charge in [-0.2, -0.15) is 0 Å². The zero-order valence-electron chi connectivity index (χ0n) is 16.9. The van der Waals surface area contributed by atoms with Gasteiger partial charge in [-0.25, -0.2) is 5.43 Å². The quantitative estimate of drug-likeness (QED) is 0.216. The van der Waals surface area contributed by atoms with Crippen molar-refractivity contribution in [2.45, 2.75) is 13.8 Å². The fourth-order valence-electron chi connectivity index (χ4n) is 3.17. The van der Waals surface area contributed by atoms with E-state index < -0.39 is 0 Å². The predicted octanol–water partition coefficient (Wildman–Crippen LogP) is 4.72. The molecule has 0 saturated carbocycles. The summed E-state index contributed by atoms with van der Waals surface area (Å²) in [6.07, 6.45) is 0. The van der Waals surface area contributed by atoms with Gasteiger partial charge in [0.2, 0.25) is 0 Å². The highest BCUT2D eigenvalue weighted by atomic mass is 32.1. The maximum Gasteiger partial charge on any atom is 0.185 e. The zero-order valence-corrected chi connectivity index (χ0v) is 17.8. The molecule has 0 atom stereocenters. The van der Waals surface area contributed by atoms with Crippen LogP contribution in [0, 0.1) is 0 Å². The maximum atomic E-state index is 11.8. The number of rotatable bonds is 3. The topological polar surface area (TPSA) is 86.5 Å². The second kappa shape index (κ2) is 9.39. The standard InChI is InChI=1S/C21H17N3O3S.C2H6/c1-22-24-21(28)23-13-4-2-12(3-5-13)20-16-8-6-14(25)10-18(16)27-19-11-15(26)7-9-17(19)20;1-2/h2-11,22,25H,1H3,(H2,23,24,28);1-2H3. The van der Waals surface area contributed by atoms with Crippen LogP contribution in [0.3, 0.4) is 0 Å². The van der Waals surface area contributed by atoms with Crippen molar-refractivity contribution in [3.05, 3.63) is 70.9 Å². The molecule has 2 aromatic carbocycles. The van der Waals surface area contributed by atoms with E-state index in [1.165, 1.54) is 12.1 Å². The van der Waals surface area contributed by atoms with Crippen LogP contribution in [-0.2, 0) is 0 Å². The summed E-state index contributed by atoms with van der Waals surface area (Å²) in [4.78, 5) is 11.8. The molecular weight excluding hydrogens is 398 g/mol. The summed E-state index contributed by atoms with van der Waals surface area (Å²) in [6, 6.07) is 17.5. The summed E-state index contributed by atoms with van der Waals surface area (Å²) in [5.41, 5.74) is 9.49. The van der Waals surface area contributed by atoms with Crippen molar-refractivity contribution in [1.82, 2.24) is 10.9 Å². The summed E-state index contributed by atoms with van der Waals surface area (Å²) in [7, 11) is 1.73. The van der Waals surface area contributed by atoms with Gasteiger partial charge < -0.3 is 14.8 Å². The minimum absolute atomic E-state index is 0.102. The number of thiocarbonyl (C=S) groups is 1. The molecule has 154 valence electrons. The number of anilines is 1. The van der Waals surface area contributed by atoms with E-state index in [2.05, 4.69) is 16.2 Å². The maximum absolute atomic E-state index is 11.8. The van der Waals surface area contributed by atoms with Crippen LogP contribution in [0.1, 0.15) is 13.8 Å². The van der Waals surface area contributed by atoms with Crippen molar-refractivity contribution >= 4 is 34.0 Å². The Morgan fingerprint density at radius 3 is 2.43 bits per heavy atom. The van der Waals surface area contributed by atoms with E-state index in [1.807, 2.05) is 44.2 Å². The van der Waals surface area contributed by atoms with Crippen LogP contribution < -0.4 is 21.6 Å². The van der Waals surface area contributed by atoms with Crippen molar-refractivity contribution < 1.29 is 9.52 Å². The normalized spacial score (nSPS) is 10.4. The molecule has 4 rings (SSSR count). The number of nitrogens with one attached hydrogen (secondary N) is 3. The molecule has 0 radical (unpaired) electrons. The number of hydrogen-bond donors (Lipinski definition) is 4. The Labute approximate surface area is 179 Å². The largest absolute Gasteiger partial charge is 0.508 e. The Morgan fingerprint density at radius 1 is 1.00 bits per heavy atom. The fourth-order valence-corrected chi connectivity index (χ4v) is 3.39. The summed E-state index contributed by atoms with van der Waals surface area (Å²) in [5, 5.41) is 14.2. The van der Waals surface area contributed by atoms with E-state index in [4.69, 9.17) is 16.6 Å². The molecule has 1 aliphatic heterocycles. The van der Waals surface area contributed by atoms with Gasteiger partial charge in [-0.1, -0.05) is 26.0 Å². The molecule has 0 fully saturated rings. The molecular formula is C23H23N3O3S. The van der Waals surface area contributed by atoms with Crippen LogP contribution in [0.5, 0.6) is 5.75 Å². The number of benzene rings is 3. The lowest BCUT2D eigenvalue weighted by Gasteiger charge is -2.16. The molecule has 1 aliphatic carbocycles. The number of hydrazine groups is 1. The van der Waals surface area contributed by atoms with Crippen molar-refractivity contribution in [2.75, 3.05) is 12.4 Å². The van der Waals surface area contributed by atoms with E-state index in [0.29, 0.717) is 16.5 Å². The molecule has 7 heteroatoms. The smallest absolute Gasteiger partial charge is 0.185 e. The van der Waals surface area contributed by atoms with Crippen LogP contribution in [0.15, 0.2) is 69.9 Å². The van der Waals surface area contributed by atoms with Crippen molar-refractivity contribution in [2.24, 2.45) is 0 Å². The van der Waals surface area contributed by atoms with Gasteiger partial charge in [0.25, 0.3) is 0 Å². The van der Waals surface area contributed by atoms with Gasteiger partial charge >= 0.3 is 0 Å². The van der Waals surface area contributed by atoms with Gasteiger partial charge in [0.1, 0.15) is 17.1 Å². The number of fused-ring (bicyclic) bond motifs is 2. The van der Waals surface area contributed by atoms with Crippen LogP contribution in [0.4, 0.5) is 5.69 Å². The second-order valence-corrected chi connectivity index (χ2v) is 6.63. The number of hydrogen-bond acceptors (Lipinski definition) is 5. The van der Waals surface area contributed by atoms with Gasteiger partial charge in [0.05, 0.1) is 0 Å². The molecule has 0 bridgehead atoms. The first-order valence-electron chi connectivity index (χ1n) is 9.59. The van der Waals surface area contributed by atoms with Crippen molar-refractivity contribution in [3.63, 3.8) is 0 Å². The minimum atomic E-state index is -0.133. The van der Waals surface area contributed by atoms with Gasteiger partial charge in [-0.3, -0.25) is 10.2 Å². The Kier molecular flexibility index (Phi) is 6.66. The molecule has 0 saturated heterocycles. The third-order valence-corrected chi connectivity index (χ3v) is 4.55. The highest BCUT2D eigenvalue weighted by Gasteiger charge is 2.17.